The molecule has 1 aliphatic rings. The second-order valence-corrected chi connectivity index (χ2v) is 9.16. The van der Waals surface area contributed by atoms with Crippen LogP contribution >= 0.6 is 11.8 Å². The van der Waals surface area contributed by atoms with Gasteiger partial charge in [-0.3, -0.25) is 14.0 Å². The highest BCUT2D eigenvalue weighted by Gasteiger charge is 2.26. The Morgan fingerprint density at radius 3 is 2.52 bits per heavy atom. The van der Waals surface area contributed by atoms with Gasteiger partial charge in [0.25, 0.3) is 5.56 Å². The predicted octanol–water partition coefficient (Wildman–Crippen LogP) is 3.44. The van der Waals surface area contributed by atoms with Crippen molar-refractivity contribution in [3.8, 4) is 5.69 Å². The number of nitrogens with zero attached hydrogens (tertiary/aromatic N) is 5. The van der Waals surface area contributed by atoms with Crippen molar-refractivity contribution >= 4 is 34.3 Å². The van der Waals surface area contributed by atoms with Crippen LogP contribution in [0.25, 0.3) is 22.4 Å². The molecule has 5 rings (SSSR count). The van der Waals surface area contributed by atoms with Crippen LogP contribution in [0.15, 0.2) is 58.5 Å². The number of rotatable bonds is 4. The van der Waals surface area contributed by atoms with Gasteiger partial charge in [-0.15, -0.1) is 10.2 Å². The minimum absolute atomic E-state index is 0.121. The van der Waals surface area contributed by atoms with Crippen LogP contribution in [0.2, 0.25) is 0 Å². The van der Waals surface area contributed by atoms with E-state index < -0.39 is 0 Å². The Kier molecular flexibility index (Phi) is 5.02. The van der Waals surface area contributed by atoms with Crippen molar-refractivity contribution in [2.24, 2.45) is 0 Å². The Labute approximate surface area is 183 Å². The van der Waals surface area contributed by atoms with E-state index in [0.29, 0.717) is 16.3 Å². The van der Waals surface area contributed by atoms with Crippen LogP contribution in [0.1, 0.15) is 25.3 Å². The second kappa shape index (κ2) is 7.85. The summed E-state index contributed by atoms with van der Waals surface area (Å²) < 4.78 is 3.50. The van der Waals surface area contributed by atoms with Crippen LogP contribution in [-0.2, 0) is 4.79 Å². The summed E-state index contributed by atoms with van der Waals surface area (Å²) in [6, 6.07) is 15.2. The van der Waals surface area contributed by atoms with E-state index in [9.17, 15) is 9.59 Å². The van der Waals surface area contributed by atoms with Crippen molar-refractivity contribution in [2.75, 3.05) is 13.1 Å². The highest BCUT2D eigenvalue weighted by atomic mass is 32.2. The summed E-state index contributed by atoms with van der Waals surface area (Å²) in [7, 11) is 0. The van der Waals surface area contributed by atoms with Gasteiger partial charge < -0.3 is 4.90 Å². The molecule has 2 aromatic carbocycles. The number of carbonyl (C=O) groups is 1. The summed E-state index contributed by atoms with van der Waals surface area (Å²) in [4.78, 5) is 28.2. The summed E-state index contributed by atoms with van der Waals surface area (Å²) in [5, 5.41) is 9.68. The molecule has 2 aromatic heterocycles. The number of carbonyl (C=O) groups excluding carboxylic acids is 1. The molecule has 1 unspecified atom stereocenters. The molecule has 0 saturated carbocycles. The van der Waals surface area contributed by atoms with Crippen LogP contribution in [0.5, 0.6) is 0 Å². The Hall–Kier alpha value is -3.13. The third-order valence-electron chi connectivity index (χ3n) is 5.80. The summed E-state index contributed by atoms with van der Waals surface area (Å²) in [6.45, 7) is 5.52. The number of amides is 1. The Balaban J connectivity index is 1.69. The molecule has 0 aliphatic carbocycles. The van der Waals surface area contributed by atoms with Crippen LogP contribution in [0, 0.1) is 6.92 Å². The van der Waals surface area contributed by atoms with Gasteiger partial charge in [-0.2, -0.15) is 0 Å². The quantitative estimate of drug-likeness (QED) is 0.461. The molecule has 158 valence electrons. The number of hydrogen-bond donors (Lipinski definition) is 0. The lowest BCUT2D eigenvalue weighted by Gasteiger charge is -2.19. The Morgan fingerprint density at radius 1 is 1.03 bits per heavy atom. The molecule has 4 aromatic rings. The number of aryl methyl sites for hydroxylation is 1. The summed E-state index contributed by atoms with van der Waals surface area (Å²) in [5.74, 6) is 0.567. The van der Waals surface area contributed by atoms with Crippen molar-refractivity contribution in [1.29, 1.82) is 0 Å². The molecular formula is C23H23N5O2S. The lowest BCUT2D eigenvalue weighted by Crippen LogP contribution is -2.34. The first-order chi connectivity index (χ1) is 15.1. The van der Waals surface area contributed by atoms with Crippen LogP contribution in [-0.4, -0.2) is 48.3 Å². The fourth-order valence-corrected chi connectivity index (χ4v) is 5.13. The van der Waals surface area contributed by atoms with Crippen molar-refractivity contribution in [3.63, 3.8) is 0 Å². The van der Waals surface area contributed by atoms with E-state index in [1.165, 1.54) is 11.8 Å². The highest BCUT2D eigenvalue weighted by molar-refractivity contribution is 8.00. The number of likely N-dealkylation sites (tertiary alicyclic amines) is 1. The van der Waals surface area contributed by atoms with E-state index >= 15 is 0 Å². The van der Waals surface area contributed by atoms with Gasteiger partial charge in [-0.05, 0) is 50.5 Å². The maximum atomic E-state index is 13.4. The van der Waals surface area contributed by atoms with Gasteiger partial charge >= 0.3 is 0 Å². The van der Waals surface area contributed by atoms with Crippen molar-refractivity contribution in [3.05, 3.63) is 64.4 Å². The number of fused-ring (bicyclic) bond motifs is 3. The third kappa shape index (κ3) is 3.31. The van der Waals surface area contributed by atoms with Crippen molar-refractivity contribution in [1.82, 2.24) is 24.1 Å². The third-order valence-corrected chi connectivity index (χ3v) is 6.83. The largest absolute Gasteiger partial charge is 0.342 e. The molecule has 1 aliphatic heterocycles. The molecule has 0 bridgehead atoms. The highest BCUT2D eigenvalue weighted by Crippen LogP contribution is 2.28. The van der Waals surface area contributed by atoms with Crippen LogP contribution < -0.4 is 5.56 Å². The average Bonchev–Trinajstić information content (AvgIpc) is 3.45. The van der Waals surface area contributed by atoms with Gasteiger partial charge in [0.1, 0.15) is 0 Å². The van der Waals surface area contributed by atoms with E-state index in [1.807, 2.05) is 71.7 Å². The number of para-hydroxylation sites is 2. The molecule has 1 amide bonds. The lowest BCUT2D eigenvalue weighted by atomic mass is 10.2. The zero-order valence-corrected chi connectivity index (χ0v) is 18.3. The summed E-state index contributed by atoms with van der Waals surface area (Å²) in [5.41, 5.74) is 2.34. The molecule has 0 radical (unpaired) electrons. The van der Waals surface area contributed by atoms with Crippen molar-refractivity contribution in [2.45, 2.75) is 37.1 Å². The first-order valence-electron chi connectivity index (χ1n) is 10.5. The standard InChI is InChI=1S/C23H23N5O2S/c1-15-9-3-5-11-18(15)27-21(30)17-10-4-6-12-19(17)28-22(27)24-25-23(28)31-16(2)20(29)26-13-7-8-14-26/h3-6,9-12,16H,7-8,13-14H2,1-2H3. The molecule has 3 heterocycles. The molecule has 1 atom stereocenters. The maximum Gasteiger partial charge on any atom is 0.267 e. The normalized spacial score (nSPS) is 15.1. The molecule has 1 saturated heterocycles. The SMILES string of the molecule is Cc1ccccc1-n1c(=O)c2ccccc2n2c(SC(C)C(=O)N3CCCC3)nnc12. The fourth-order valence-electron chi connectivity index (χ4n) is 4.19. The molecule has 7 nitrogen and oxygen atoms in total. The number of hydrogen-bond acceptors (Lipinski definition) is 5. The topological polar surface area (TPSA) is 72.5 Å². The predicted molar refractivity (Wildman–Crippen MR) is 122 cm³/mol. The molecular weight excluding hydrogens is 410 g/mol. The van der Waals surface area contributed by atoms with Crippen LogP contribution in [0.3, 0.4) is 0 Å². The van der Waals surface area contributed by atoms with E-state index in [1.54, 1.807) is 4.57 Å². The number of benzene rings is 2. The van der Waals surface area contributed by atoms with Gasteiger partial charge in [0, 0.05) is 13.1 Å². The molecule has 8 heteroatoms. The van der Waals surface area contributed by atoms with E-state index in [-0.39, 0.29) is 16.7 Å². The molecule has 0 spiro atoms. The van der Waals surface area contributed by atoms with E-state index in [2.05, 4.69) is 10.2 Å². The average molecular weight is 434 g/mol. The zero-order chi connectivity index (χ0) is 21.5. The van der Waals surface area contributed by atoms with Crippen LogP contribution in [0.4, 0.5) is 0 Å². The Bertz CT molecular complexity index is 1350. The Morgan fingerprint density at radius 2 is 1.74 bits per heavy atom. The molecule has 1 fully saturated rings. The van der Waals surface area contributed by atoms with Gasteiger partial charge in [0.15, 0.2) is 5.16 Å². The fraction of sp³-hybridized carbons (Fsp3) is 0.304. The van der Waals surface area contributed by atoms with Crippen molar-refractivity contribution < 1.29 is 4.79 Å². The van der Waals surface area contributed by atoms with Gasteiger partial charge in [-0.1, -0.05) is 42.1 Å². The number of thioether (sulfide) groups is 1. The smallest absolute Gasteiger partial charge is 0.267 e. The number of aromatic nitrogens is 4. The minimum Gasteiger partial charge on any atom is -0.342 e. The first kappa shape index (κ1) is 19.8. The van der Waals surface area contributed by atoms with E-state index in [4.69, 9.17) is 0 Å². The van der Waals surface area contributed by atoms with Gasteiger partial charge in [0.2, 0.25) is 11.7 Å². The molecule has 31 heavy (non-hydrogen) atoms. The zero-order valence-electron chi connectivity index (χ0n) is 17.5. The van der Waals surface area contributed by atoms with E-state index in [0.717, 1.165) is 42.7 Å². The first-order valence-corrected chi connectivity index (χ1v) is 11.3. The monoisotopic (exact) mass is 433 g/mol. The molecule has 0 N–H and O–H groups in total. The lowest BCUT2D eigenvalue weighted by molar-refractivity contribution is -0.129. The summed E-state index contributed by atoms with van der Waals surface area (Å²) in [6.07, 6.45) is 2.12. The minimum atomic E-state index is -0.289. The van der Waals surface area contributed by atoms with Gasteiger partial charge in [0.05, 0.1) is 21.8 Å². The summed E-state index contributed by atoms with van der Waals surface area (Å²) >= 11 is 1.39. The maximum absolute atomic E-state index is 13.4. The van der Waals surface area contributed by atoms with Gasteiger partial charge in [-0.25, -0.2) is 4.57 Å². The second-order valence-electron chi connectivity index (χ2n) is 7.85.